The van der Waals surface area contributed by atoms with Crippen LogP contribution in [0.5, 0.6) is 5.75 Å². The predicted octanol–water partition coefficient (Wildman–Crippen LogP) is 2.27. The summed E-state index contributed by atoms with van der Waals surface area (Å²) in [5, 5.41) is 2.60. The van der Waals surface area contributed by atoms with Crippen molar-refractivity contribution in [3.05, 3.63) is 29.8 Å². The van der Waals surface area contributed by atoms with Crippen molar-refractivity contribution in [3.8, 4) is 5.75 Å². The fourth-order valence-corrected chi connectivity index (χ4v) is 1.47. The van der Waals surface area contributed by atoms with Gasteiger partial charge in [0, 0.05) is 6.54 Å². The number of hydrogen-bond donors (Lipinski definition) is 2. The lowest BCUT2D eigenvalue weighted by Crippen LogP contribution is -2.33. The van der Waals surface area contributed by atoms with Gasteiger partial charge in [0.15, 0.2) is 0 Å². The Hall–Kier alpha value is -1.16. The second-order valence-corrected chi connectivity index (χ2v) is 4.81. The first-order chi connectivity index (χ1) is 8.04. The second kappa shape index (κ2) is 6.55. The smallest absolute Gasteiger partial charge is 0.233 e. The lowest BCUT2D eigenvalue weighted by molar-refractivity contribution is -0.121. The standard InChI is InChI=1S/C13H19NO2S/c1-9(2)12(17)13(15)14-8-10-5-4-6-11(7-10)16-3/h4-7,9,12,17H,8H2,1-3H3,(H,14,15). The molecule has 0 aliphatic heterocycles. The van der Waals surface area contributed by atoms with Gasteiger partial charge in [0.2, 0.25) is 5.91 Å². The van der Waals surface area contributed by atoms with Gasteiger partial charge >= 0.3 is 0 Å². The molecule has 4 heteroatoms. The number of rotatable bonds is 5. The molecule has 0 aromatic heterocycles. The summed E-state index contributed by atoms with van der Waals surface area (Å²) < 4.78 is 5.12. The molecule has 0 aliphatic carbocycles. The van der Waals surface area contributed by atoms with Crippen LogP contribution < -0.4 is 10.1 Å². The minimum absolute atomic E-state index is 0.0360. The van der Waals surface area contributed by atoms with E-state index in [9.17, 15) is 4.79 Å². The minimum Gasteiger partial charge on any atom is -0.497 e. The van der Waals surface area contributed by atoms with Crippen molar-refractivity contribution < 1.29 is 9.53 Å². The molecule has 1 N–H and O–H groups in total. The maximum Gasteiger partial charge on any atom is 0.233 e. The molecule has 94 valence electrons. The van der Waals surface area contributed by atoms with Crippen LogP contribution in [0.3, 0.4) is 0 Å². The number of methoxy groups -OCH3 is 1. The van der Waals surface area contributed by atoms with E-state index in [1.54, 1.807) is 7.11 Å². The fraction of sp³-hybridized carbons (Fsp3) is 0.462. The molecule has 0 aliphatic rings. The van der Waals surface area contributed by atoms with Crippen molar-refractivity contribution >= 4 is 18.5 Å². The van der Waals surface area contributed by atoms with Crippen molar-refractivity contribution in [1.29, 1.82) is 0 Å². The molecule has 0 saturated carbocycles. The first-order valence-corrected chi connectivity index (χ1v) is 6.15. The van der Waals surface area contributed by atoms with Gasteiger partial charge < -0.3 is 10.1 Å². The van der Waals surface area contributed by atoms with Gasteiger partial charge in [0.1, 0.15) is 5.75 Å². The molecule has 1 atom stereocenters. The first-order valence-electron chi connectivity index (χ1n) is 5.63. The number of carbonyl (C=O) groups excluding carboxylic acids is 1. The van der Waals surface area contributed by atoms with Gasteiger partial charge in [0.25, 0.3) is 0 Å². The molecule has 0 fully saturated rings. The highest BCUT2D eigenvalue weighted by Gasteiger charge is 2.16. The van der Waals surface area contributed by atoms with Crippen molar-refractivity contribution in [2.45, 2.75) is 25.6 Å². The molecule has 1 aromatic carbocycles. The molecular weight excluding hydrogens is 234 g/mol. The highest BCUT2D eigenvalue weighted by atomic mass is 32.1. The number of benzene rings is 1. The molecular formula is C13H19NO2S. The summed E-state index contributed by atoms with van der Waals surface area (Å²) in [7, 11) is 1.63. The average Bonchev–Trinajstić information content (AvgIpc) is 2.35. The molecule has 1 unspecified atom stereocenters. The van der Waals surface area contributed by atoms with Gasteiger partial charge in [-0.25, -0.2) is 0 Å². The van der Waals surface area contributed by atoms with Gasteiger partial charge in [-0.15, -0.1) is 0 Å². The van der Waals surface area contributed by atoms with Crippen LogP contribution >= 0.6 is 12.6 Å². The number of nitrogens with one attached hydrogen (secondary N) is 1. The van der Waals surface area contributed by atoms with Crippen LogP contribution in [-0.4, -0.2) is 18.3 Å². The van der Waals surface area contributed by atoms with Gasteiger partial charge in [-0.05, 0) is 23.6 Å². The van der Waals surface area contributed by atoms with Crippen LogP contribution in [0, 0.1) is 5.92 Å². The Balaban J connectivity index is 2.52. The normalized spacial score (nSPS) is 12.3. The molecule has 0 radical (unpaired) electrons. The molecule has 1 aromatic rings. The van der Waals surface area contributed by atoms with E-state index in [0.29, 0.717) is 6.54 Å². The molecule has 0 saturated heterocycles. The van der Waals surface area contributed by atoms with Crippen LogP contribution in [0.25, 0.3) is 0 Å². The van der Waals surface area contributed by atoms with E-state index >= 15 is 0 Å². The van der Waals surface area contributed by atoms with Crippen LogP contribution in [0.2, 0.25) is 0 Å². The van der Waals surface area contributed by atoms with Crippen LogP contribution in [-0.2, 0) is 11.3 Å². The summed E-state index contributed by atoms with van der Waals surface area (Å²) in [6.45, 7) is 4.45. The summed E-state index contributed by atoms with van der Waals surface area (Å²) in [4.78, 5) is 11.7. The zero-order valence-corrected chi connectivity index (χ0v) is 11.3. The van der Waals surface area contributed by atoms with Crippen LogP contribution in [0.4, 0.5) is 0 Å². The van der Waals surface area contributed by atoms with Gasteiger partial charge in [-0.2, -0.15) is 12.6 Å². The van der Waals surface area contributed by atoms with E-state index in [1.165, 1.54) is 0 Å². The Morgan fingerprint density at radius 2 is 2.18 bits per heavy atom. The third-order valence-electron chi connectivity index (χ3n) is 2.50. The Morgan fingerprint density at radius 3 is 2.76 bits per heavy atom. The van der Waals surface area contributed by atoms with Crippen molar-refractivity contribution in [1.82, 2.24) is 5.32 Å². The first kappa shape index (κ1) is 13.9. The van der Waals surface area contributed by atoms with Gasteiger partial charge in [0.05, 0.1) is 12.4 Å². The van der Waals surface area contributed by atoms with E-state index in [2.05, 4.69) is 17.9 Å². The fourth-order valence-electron chi connectivity index (χ4n) is 1.38. The van der Waals surface area contributed by atoms with E-state index < -0.39 is 0 Å². The van der Waals surface area contributed by atoms with Crippen LogP contribution in [0.1, 0.15) is 19.4 Å². The van der Waals surface area contributed by atoms with Crippen molar-refractivity contribution in [2.75, 3.05) is 7.11 Å². The van der Waals surface area contributed by atoms with Gasteiger partial charge in [-0.3, -0.25) is 4.79 Å². The topological polar surface area (TPSA) is 38.3 Å². The summed E-state index contributed by atoms with van der Waals surface area (Å²) in [6, 6.07) is 7.64. The van der Waals surface area contributed by atoms with Crippen molar-refractivity contribution in [2.24, 2.45) is 5.92 Å². The summed E-state index contributed by atoms with van der Waals surface area (Å²) in [5.74, 6) is 0.984. The predicted molar refractivity (Wildman–Crippen MR) is 72.5 cm³/mol. The SMILES string of the molecule is COc1cccc(CNC(=O)C(S)C(C)C)c1. The quantitative estimate of drug-likeness (QED) is 0.790. The third kappa shape index (κ3) is 4.30. The molecule has 0 spiro atoms. The molecule has 0 bridgehead atoms. The average molecular weight is 253 g/mol. The molecule has 1 rings (SSSR count). The summed E-state index contributed by atoms with van der Waals surface area (Å²) >= 11 is 4.27. The number of thiol groups is 1. The monoisotopic (exact) mass is 253 g/mol. The van der Waals surface area contributed by atoms with E-state index in [-0.39, 0.29) is 17.1 Å². The maximum absolute atomic E-state index is 11.7. The zero-order chi connectivity index (χ0) is 12.8. The Morgan fingerprint density at radius 1 is 1.47 bits per heavy atom. The molecule has 1 amide bonds. The van der Waals surface area contributed by atoms with E-state index in [1.807, 2.05) is 38.1 Å². The van der Waals surface area contributed by atoms with E-state index in [0.717, 1.165) is 11.3 Å². The highest BCUT2D eigenvalue weighted by molar-refractivity contribution is 7.81. The summed E-state index contributed by atoms with van der Waals surface area (Å²) in [6.07, 6.45) is 0. The van der Waals surface area contributed by atoms with Crippen LogP contribution in [0.15, 0.2) is 24.3 Å². The Bertz CT molecular complexity index is 379. The Labute approximate surface area is 108 Å². The molecule has 17 heavy (non-hydrogen) atoms. The molecule has 3 nitrogen and oxygen atoms in total. The zero-order valence-electron chi connectivity index (χ0n) is 10.4. The highest BCUT2D eigenvalue weighted by Crippen LogP contribution is 2.13. The number of hydrogen-bond acceptors (Lipinski definition) is 3. The largest absolute Gasteiger partial charge is 0.497 e. The van der Waals surface area contributed by atoms with Gasteiger partial charge in [-0.1, -0.05) is 26.0 Å². The lowest BCUT2D eigenvalue weighted by Gasteiger charge is -2.14. The summed E-state index contributed by atoms with van der Waals surface area (Å²) in [5.41, 5.74) is 1.02. The van der Waals surface area contributed by atoms with E-state index in [4.69, 9.17) is 4.74 Å². The maximum atomic E-state index is 11.7. The molecule has 0 heterocycles. The number of ether oxygens (including phenoxy) is 1. The Kier molecular flexibility index (Phi) is 5.35. The third-order valence-corrected chi connectivity index (χ3v) is 3.33. The van der Waals surface area contributed by atoms with Crippen molar-refractivity contribution in [3.63, 3.8) is 0 Å². The number of carbonyl (C=O) groups is 1. The lowest BCUT2D eigenvalue weighted by atomic mass is 10.1. The minimum atomic E-state index is -0.263. The second-order valence-electron chi connectivity index (χ2n) is 4.26. The number of amides is 1.